The Kier molecular flexibility index (Phi) is 3.89. The SMILES string of the molecule is CNCCC#Cc1nc(F)ccc1N. The second kappa shape index (κ2) is 5.20. The van der Waals surface area contributed by atoms with Crippen molar-refractivity contribution in [1.29, 1.82) is 0 Å². The standard InChI is InChI=1S/C10H12FN3/c1-13-7-3-2-4-9-8(12)5-6-10(11)14-9/h5-6,13H,3,7,12H2,1H3. The predicted molar refractivity (Wildman–Crippen MR) is 54.0 cm³/mol. The van der Waals surface area contributed by atoms with Gasteiger partial charge in [-0.2, -0.15) is 4.39 Å². The summed E-state index contributed by atoms with van der Waals surface area (Å²) in [6.07, 6.45) is 0.689. The number of nitrogens with zero attached hydrogens (tertiary/aromatic N) is 1. The molecule has 1 heterocycles. The Morgan fingerprint density at radius 3 is 3.07 bits per heavy atom. The Labute approximate surface area is 82.5 Å². The van der Waals surface area contributed by atoms with E-state index in [0.29, 0.717) is 17.8 Å². The number of pyridine rings is 1. The molecule has 0 radical (unpaired) electrons. The van der Waals surface area contributed by atoms with Gasteiger partial charge in [0.25, 0.3) is 0 Å². The zero-order valence-corrected chi connectivity index (χ0v) is 7.97. The normalized spacial score (nSPS) is 9.29. The molecule has 3 nitrogen and oxygen atoms in total. The molecule has 0 aromatic carbocycles. The smallest absolute Gasteiger partial charge is 0.214 e. The van der Waals surface area contributed by atoms with Crippen LogP contribution in [0.4, 0.5) is 10.1 Å². The van der Waals surface area contributed by atoms with E-state index in [1.807, 2.05) is 7.05 Å². The number of nitrogens with one attached hydrogen (secondary N) is 1. The third-order valence-corrected chi connectivity index (χ3v) is 1.60. The molecule has 1 aromatic rings. The summed E-state index contributed by atoms with van der Waals surface area (Å²) >= 11 is 0. The first-order valence-corrected chi connectivity index (χ1v) is 4.29. The Hall–Kier alpha value is -1.60. The summed E-state index contributed by atoms with van der Waals surface area (Å²) in [6, 6.07) is 2.68. The first kappa shape index (κ1) is 10.5. The Balaban J connectivity index is 2.73. The van der Waals surface area contributed by atoms with Gasteiger partial charge in [-0.1, -0.05) is 5.92 Å². The summed E-state index contributed by atoms with van der Waals surface area (Å²) in [4.78, 5) is 3.58. The van der Waals surface area contributed by atoms with Crippen molar-refractivity contribution in [2.75, 3.05) is 19.3 Å². The highest BCUT2D eigenvalue weighted by atomic mass is 19.1. The summed E-state index contributed by atoms with van der Waals surface area (Å²) in [7, 11) is 1.84. The van der Waals surface area contributed by atoms with Crippen LogP contribution < -0.4 is 11.1 Å². The van der Waals surface area contributed by atoms with Crippen LogP contribution in [-0.2, 0) is 0 Å². The van der Waals surface area contributed by atoms with Crippen LogP contribution in [0.5, 0.6) is 0 Å². The molecule has 0 fully saturated rings. The number of hydrogen-bond acceptors (Lipinski definition) is 3. The van der Waals surface area contributed by atoms with Crippen LogP contribution in [0.15, 0.2) is 12.1 Å². The number of halogens is 1. The van der Waals surface area contributed by atoms with Gasteiger partial charge < -0.3 is 11.1 Å². The van der Waals surface area contributed by atoms with E-state index in [1.54, 1.807) is 0 Å². The maximum absolute atomic E-state index is 12.7. The molecule has 0 spiro atoms. The number of aromatic nitrogens is 1. The van der Waals surface area contributed by atoms with Crippen LogP contribution in [0, 0.1) is 17.8 Å². The second-order valence-corrected chi connectivity index (χ2v) is 2.73. The van der Waals surface area contributed by atoms with Crippen molar-refractivity contribution < 1.29 is 4.39 Å². The molecule has 4 heteroatoms. The third-order valence-electron chi connectivity index (χ3n) is 1.60. The Morgan fingerprint density at radius 1 is 1.57 bits per heavy atom. The molecule has 0 unspecified atom stereocenters. The van der Waals surface area contributed by atoms with Crippen LogP contribution in [0.3, 0.4) is 0 Å². The molecule has 74 valence electrons. The van der Waals surface area contributed by atoms with Gasteiger partial charge in [0.2, 0.25) is 5.95 Å². The van der Waals surface area contributed by atoms with Crippen molar-refractivity contribution in [2.45, 2.75) is 6.42 Å². The fourth-order valence-electron chi connectivity index (χ4n) is 0.880. The van der Waals surface area contributed by atoms with Crippen molar-refractivity contribution in [3.63, 3.8) is 0 Å². The Bertz CT molecular complexity index is 365. The quantitative estimate of drug-likeness (QED) is 0.414. The van der Waals surface area contributed by atoms with E-state index in [0.717, 1.165) is 6.54 Å². The molecule has 0 atom stereocenters. The molecular formula is C10H12FN3. The van der Waals surface area contributed by atoms with Gasteiger partial charge in [0, 0.05) is 13.0 Å². The van der Waals surface area contributed by atoms with Gasteiger partial charge in [-0.05, 0) is 25.1 Å². The maximum atomic E-state index is 12.7. The van der Waals surface area contributed by atoms with Crippen molar-refractivity contribution in [2.24, 2.45) is 0 Å². The molecule has 0 aliphatic carbocycles. The number of hydrogen-bond donors (Lipinski definition) is 2. The summed E-state index contributed by atoms with van der Waals surface area (Å²) in [6.45, 7) is 0.794. The van der Waals surface area contributed by atoms with Crippen LogP contribution in [0.25, 0.3) is 0 Å². The second-order valence-electron chi connectivity index (χ2n) is 2.73. The van der Waals surface area contributed by atoms with E-state index in [-0.39, 0.29) is 0 Å². The topological polar surface area (TPSA) is 50.9 Å². The zero-order chi connectivity index (χ0) is 10.4. The highest BCUT2D eigenvalue weighted by molar-refractivity contribution is 5.51. The maximum Gasteiger partial charge on any atom is 0.214 e. The molecule has 0 saturated carbocycles. The zero-order valence-electron chi connectivity index (χ0n) is 7.97. The van der Waals surface area contributed by atoms with Crippen LogP contribution in [0.1, 0.15) is 12.1 Å². The summed E-state index contributed by atoms with van der Waals surface area (Å²) in [5.74, 6) is 5.01. The molecule has 1 rings (SSSR count). The summed E-state index contributed by atoms with van der Waals surface area (Å²) in [5, 5.41) is 2.95. The first-order chi connectivity index (χ1) is 6.74. The van der Waals surface area contributed by atoms with Crippen LogP contribution in [-0.4, -0.2) is 18.6 Å². The molecule has 0 aliphatic heterocycles. The van der Waals surface area contributed by atoms with E-state index in [1.165, 1.54) is 12.1 Å². The lowest BCUT2D eigenvalue weighted by Crippen LogP contribution is -2.06. The van der Waals surface area contributed by atoms with Gasteiger partial charge in [-0.15, -0.1) is 0 Å². The number of nitrogens with two attached hydrogens (primary N) is 1. The highest BCUT2D eigenvalue weighted by Gasteiger charge is 1.98. The largest absolute Gasteiger partial charge is 0.396 e. The average molecular weight is 193 g/mol. The molecule has 0 aliphatic rings. The molecule has 0 saturated heterocycles. The van der Waals surface area contributed by atoms with E-state index in [9.17, 15) is 4.39 Å². The minimum Gasteiger partial charge on any atom is -0.396 e. The first-order valence-electron chi connectivity index (χ1n) is 4.29. The summed E-state index contributed by atoms with van der Waals surface area (Å²) in [5.41, 5.74) is 6.27. The highest BCUT2D eigenvalue weighted by Crippen LogP contribution is 2.07. The van der Waals surface area contributed by atoms with Gasteiger partial charge in [0.1, 0.15) is 5.69 Å². The lowest BCUT2D eigenvalue weighted by Gasteiger charge is -1.95. The van der Waals surface area contributed by atoms with Gasteiger partial charge in [0.15, 0.2) is 0 Å². The average Bonchev–Trinajstić information content (AvgIpc) is 2.18. The number of anilines is 1. The minimum atomic E-state index is -0.558. The van der Waals surface area contributed by atoms with E-state index in [4.69, 9.17) is 5.73 Å². The fourth-order valence-corrected chi connectivity index (χ4v) is 0.880. The number of rotatable bonds is 2. The van der Waals surface area contributed by atoms with Crippen LogP contribution >= 0.6 is 0 Å². The predicted octanol–water partition coefficient (Wildman–Crippen LogP) is 0.764. The van der Waals surface area contributed by atoms with Gasteiger partial charge in [-0.3, -0.25) is 0 Å². The van der Waals surface area contributed by atoms with Crippen molar-refractivity contribution in [1.82, 2.24) is 10.3 Å². The van der Waals surface area contributed by atoms with Crippen molar-refractivity contribution in [3.8, 4) is 11.8 Å². The monoisotopic (exact) mass is 193 g/mol. The van der Waals surface area contributed by atoms with Crippen molar-refractivity contribution >= 4 is 5.69 Å². The van der Waals surface area contributed by atoms with E-state index in [2.05, 4.69) is 22.1 Å². The van der Waals surface area contributed by atoms with Gasteiger partial charge in [-0.25, -0.2) is 4.98 Å². The number of nitrogen functional groups attached to an aromatic ring is 1. The molecule has 0 amide bonds. The molecular weight excluding hydrogens is 181 g/mol. The lowest BCUT2D eigenvalue weighted by molar-refractivity contribution is 0.583. The van der Waals surface area contributed by atoms with Crippen LogP contribution in [0.2, 0.25) is 0 Å². The Morgan fingerprint density at radius 2 is 2.36 bits per heavy atom. The molecule has 14 heavy (non-hydrogen) atoms. The molecule has 3 N–H and O–H groups in total. The minimum absolute atomic E-state index is 0.307. The summed E-state index contributed by atoms with van der Waals surface area (Å²) < 4.78 is 12.7. The molecule has 0 bridgehead atoms. The lowest BCUT2D eigenvalue weighted by atomic mass is 10.3. The fraction of sp³-hybridized carbons (Fsp3) is 0.300. The van der Waals surface area contributed by atoms with Gasteiger partial charge in [0.05, 0.1) is 5.69 Å². The van der Waals surface area contributed by atoms with Gasteiger partial charge >= 0.3 is 0 Å². The van der Waals surface area contributed by atoms with E-state index < -0.39 is 5.95 Å². The van der Waals surface area contributed by atoms with E-state index >= 15 is 0 Å². The third kappa shape index (κ3) is 3.04. The van der Waals surface area contributed by atoms with Crippen molar-refractivity contribution in [3.05, 3.63) is 23.8 Å². The molecule has 1 aromatic heterocycles.